The molecule has 0 fully saturated rings. The van der Waals surface area contributed by atoms with Crippen LogP contribution in [-0.2, 0) is 31.8 Å². The van der Waals surface area contributed by atoms with E-state index in [0.717, 1.165) is 28.3 Å². The standard InChI is InChI=1S/C38H47N5O5SSi/c1-25-11-14-29(15-12-25)49(45,46)43-18-17-30-33(26(2)21-27(3)34(30)43)38(7,41-36(44)48-37(4,5)6)35-40-31-22-28(23-39)13-16-32(31)42(35)24-47-19-20-50(8,9)10/h11-18,21-22H,19-20,24H2,1-10H3,(H,41,44). The number of fused-ring (bicyclic) bond motifs is 2. The van der Waals surface area contributed by atoms with Crippen LogP contribution in [0.3, 0.4) is 0 Å². The summed E-state index contributed by atoms with van der Waals surface area (Å²) in [5.41, 5.74) is 3.23. The van der Waals surface area contributed by atoms with Crippen molar-refractivity contribution in [3.8, 4) is 6.07 Å². The molecule has 0 saturated carbocycles. The Morgan fingerprint density at radius 3 is 2.28 bits per heavy atom. The molecular weight excluding hydrogens is 667 g/mol. The van der Waals surface area contributed by atoms with Gasteiger partial charge in [0, 0.05) is 26.3 Å². The van der Waals surface area contributed by atoms with Crippen molar-refractivity contribution in [2.24, 2.45) is 0 Å². The molecule has 5 rings (SSSR count). The van der Waals surface area contributed by atoms with E-state index >= 15 is 0 Å². The number of ether oxygens (including phenoxy) is 2. The number of hydrogen-bond acceptors (Lipinski definition) is 7. The monoisotopic (exact) mass is 713 g/mol. The molecular formula is C38H47N5O5SSi. The Kier molecular flexibility index (Phi) is 9.84. The Labute approximate surface area is 296 Å². The van der Waals surface area contributed by atoms with Gasteiger partial charge in [-0.2, -0.15) is 5.26 Å². The highest BCUT2D eigenvalue weighted by Crippen LogP contribution is 2.40. The van der Waals surface area contributed by atoms with Gasteiger partial charge in [-0.1, -0.05) is 43.4 Å². The van der Waals surface area contributed by atoms with Gasteiger partial charge in [-0.25, -0.2) is 22.2 Å². The lowest BCUT2D eigenvalue weighted by Gasteiger charge is -2.34. The van der Waals surface area contributed by atoms with Gasteiger partial charge in [0.05, 0.1) is 33.1 Å². The molecule has 12 heteroatoms. The molecule has 0 spiro atoms. The van der Waals surface area contributed by atoms with Crippen molar-refractivity contribution in [3.63, 3.8) is 0 Å². The van der Waals surface area contributed by atoms with Crippen molar-refractivity contribution in [1.82, 2.24) is 18.8 Å². The van der Waals surface area contributed by atoms with Crippen LogP contribution in [0.25, 0.3) is 21.9 Å². The fourth-order valence-electron chi connectivity index (χ4n) is 6.35. The van der Waals surface area contributed by atoms with Gasteiger partial charge in [0.1, 0.15) is 23.7 Å². The molecule has 264 valence electrons. The van der Waals surface area contributed by atoms with Crippen LogP contribution < -0.4 is 5.32 Å². The lowest BCUT2D eigenvalue weighted by molar-refractivity contribution is 0.0463. The second kappa shape index (κ2) is 13.4. The molecule has 0 aliphatic heterocycles. The van der Waals surface area contributed by atoms with Crippen LogP contribution in [0.4, 0.5) is 4.79 Å². The number of amides is 1. The Bertz CT molecular complexity index is 2240. The number of hydrogen-bond donors (Lipinski definition) is 1. The molecule has 10 nitrogen and oxygen atoms in total. The summed E-state index contributed by atoms with van der Waals surface area (Å²) < 4.78 is 43.5. The van der Waals surface area contributed by atoms with Gasteiger partial charge >= 0.3 is 6.09 Å². The van der Waals surface area contributed by atoms with Crippen LogP contribution in [0.2, 0.25) is 25.7 Å². The SMILES string of the molecule is Cc1ccc(S(=O)(=O)n2ccc3c(C(C)(NC(=O)OC(C)(C)C)c4nc5cc(C#N)ccc5n4COCC[Si](C)(C)C)c(C)cc(C)c32)cc1. The van der Waals surface area contributed by atoms with E-state index in [2.05, 4.69) is 31.0 Å². The number of nitrogens with one attached hydrogen (secondary N) is 1. The summed E-state index contributed by atoms with van der Waals surface area (Å²) in [5.74, 6) is 0.448. The second-order valence-electron chi connectivity index (χ2n) is 15.4. The first-order valence-electron chi connectivity index (χ1n) is 16.7. The summed E-state index contributed by atoms with van der Waals surface area (Å²) in [6.07, 6.45) is 0.890. The molecule has 1 amide bonds. The first-order valence-corrected chi connectivity index (χ1v) is 21.8. The van der Waals surface area contributed by atoms with Gasteiger partial charge in [0.15, 0.2) is 0 Å². The quantitative estimate of drug-likeness (QED) is 0.114. The highest BCUT2D eigenvalue weighted by Gasteiger charge is 2.41. The smallest absolute Gasteiger partial charge is 0.408 e. The third-order valence-electron chi connectivity index (χ3n) is 8.69. The van der Waals surface area contributed by atoms with Gasteiger partial charge in [-0.15, -0.1) is 0 Å². The Morgan fingerprint density at radius 1 is 0.980 bits per heavy atom. The zero-order chi connectivity index (χ0) is 36.8. The Morgan fingerprint density at radius 2 is 1.66 bits per heavy atom. The van der Waals surface area contributed by atoms with Crippen molar-refractivity contribution in [1.29, 1.82) is 5.26 Å². The predicted octanol–water partition coefficient (Wildman–Crippen LogP) is 8.13. The summed E-state index contributed by atoms with van der Waals surface area (Å²) in [4.78, 5) is 19.0. The van der Waals surface area contributed by atoms with Crippen LogP contribution in [0.1, 0.15) is 61.3 Å². The first-order chi connectivity index (χ1) is 23.2. The van der Waals surface area contributed by atoms with E-state index < -0.39 is 35.3 Å². The van der Waals surface area contributed by atoms with Crippen LogP contribution in [0, 0.1) is 32.1 Å². The van der Waals surface area contributed by atoms with E-state index in [4.69, 9.17) is 14.5 Å². The topological polar surface area (TPSA) is 128 Å². The van der Waals surface area contributed by atoms with E-state index in [9.17, 15) is 18.5 Å². The normalized spacial score (nSPS) is 13.7. The van der Waals surface area contributed by atoms with Crippen LogP contribution >= 0.6 is 0 Å². The molecule has 5 aromatic rings. The number of aromatic nitrogens is 3. The number of nitriles is 1. The fourth-order valence-corrected chi connectivity index (χ4v) is 8.52. The van der Waals surface area contributed by atoms with Crippen LogP contribution in [0.15, 0.2) is 65.7 Å². The van der Waals surface area contributed by atoms with Gasteiger partial charge in [0.2, 0.25) is 0 Å². The van der Waals surface area contributed by atoms with E-state index in [1.54, 1.807) is 69.4 Å². The Balaban J connectivity index is 1.79. The molecule has 1 unspecified atom stereocenters. The minimum Gasteiger partial charge on any atom is -0.444 e. The maximum absolute atomic E-state index is 14.1. The van der Waals surface area contributed by atoms with E-state index in [0.29, 0.717) is 40.0 Å². The summed E-state index contributed by atoms with van der Waals surface area (Å²) in [6, 6.07) is 18.9. The van der Waals surface area contributed by atoms with Crippen LogP contribution in [-0.4, -0.2) is 48.3 Å². The van der Waals surface area contributed by atoms with Gasteiger partial charge in [-0.05, 0) is 108 Å². The van der Waals surface area contributed by atoms with Crippen molar-refractivity contribution in [2.45, 2.75) is 96.9 Å². The molecule has 1 atom stereocenters. The molecule has 50 heavy (non-hydrogen) atoms. The molecule has 2 aromatic heterocycles. The highest BCUT2D eigenvalue weighted by atomic mass is 32.2. The molecule has 1 N–H and O–H groups in total. The lowest BCUT2D eigenvalue weighted by Crippen LogP contribution is -2.48. The summed E-state index contributed by atoms with van der Waals surface area (Å²) in [5, 5.41) is 13.5. The highest BCUT2D eigenvalue weighted by molar-refractivity contribution is 7.90. The molecule has 2 heterocycles. The van der Waals surface area contributed by atoms with Crippen molar-refractivity contribution < 1.29 is 22.7 Å². The van der Waals surface area contributed by atoms with Gasteiger partial charge in [-0.3, -0.25) is 0 Å². The largest absolute Gasteiger partial charge is 0.444 e. The molecule has 0 bridgehead atoms. The molecule has 0 radical (unpaired) electrons. The minimum atomic E-state index is -3.98. The Hall–Kier alpha value is -4.44. The molecule has 0 aliphatic carbocycles. The van der Waals surface area contributed by atoms with Crippen molar-refractivity contribution in [2.75, 3.05) is 6.61 Å². The zero-order valence-corrected chi connectivity index (χ0v) is 32.4. The van der Waals surface area contributed by atoms with E-state index in [-0.39, 0.29) is 11.6 Å². The summed E-state index contributed by atoms with van der Waals surface area (Å²) in [7, 11) is -5.36. The molecule has 0 saturated heterocycles. The van der Waals surface area contributed by atoms with Gasteiger partial charge < -0.3 is 19.4 Å². The summed E-state index contributed by atoms with van der Waals surface area (Å²) in [6.45, 7) is 20.5. The number of carbonyl (C=O) groups excluding carboxylic acids is 1. The second-order valence-corrected chi connectivity index (χ2v) is 22.8. The van der Waals surface area contributed by atoms with E-state index in [1.807, 2.05) is 44.4 Å². The number of aryl methyl sites for hydroxylation is 3. The minimum absolute atomic E-state index is 0.144. The maximum Gasteiger partial charge on any atom is 0.408 e. The third kappa shape index (κ3) is 7.36. The van der Waals surface area contributed by atoms with Crippen molar-refractivity contribution in [3.05, 3.63) is 94.4 Å². The van der Waals surface area contributed by atoms with E-state index in [1.165, 1.54) is 3.97 Å². The van der Waals surface area contributed by atoms with Crippen molar-refractivity contribution >= 4 is 46.1 Å². The number of carbonyl (C=O) groups is 1. The predicted molar refractivity (Wildman–Crippen MR) is 200 cm³/mol. The molecule has 3 aromatic carbocycles. The number of rotatable bonds is 10. The number of imidazole rings is 1. The summed E-state index contributed by atoms with van der Waals surface area (Å²) >= 11 is 0. The fraction of sp³-hybridized carbons (Fsp3) is 0.395. The lowest BCUT2D eigenvalue weighted by atomic mass is 9.84. The average Bonchev–Trinajstić information content (AvgIpc) is 3.61. The average molecular weight is 714 g/mol. The molecule has 0 aliphatic rings. The maximum atomic E-state index is 14.1. The number of alkyl carbamates (subject to hydrolysis) is 1. The third-order valence-corrected chi connectivity index (χ3v) is 12.1. The van der Waals surface area contributed by atoms with Crippen LogP contribution in [0.5, 0.6) is 0 Å². The zero-order valence-electron chi connectivity index (χ0n) is 30.6. The number of benzene rings is 3. The number of nitrogens with zero attached hydrogens (tertiary/aromatic N) is 4. The van der Waals surface area contributed by atoms with Gasteiger partial charge in [0.25, 0.3) is 10.0 Å². The first kappa shape index (κ1) is 36.8.